The maximum Gasteiger partial charge on any atom is 0.228 e. The van der Waals surface area contributed by atoms with E-state index < -0.39 is 5.54 Å². The summed E-state index contributed by atoms with van der Waals surface area (Å²) in [4.78, 5) is 8.67. The zero-order valence-electron chi connectivity index (χ0n) is 15.1. The van der Waals surface area contributed by atoms with E-state index in [0.717, 1.165) is 22.4 Å². The molecule has 0 aliphatic carbocycles. The summed E-state index contributed by atoms with van der Waals surface area (Å²) in [5.41, 5.74) is 8.45. The fourth-order valence-electron chi connectivity index (χ4n) is 2.61. The van der Waals surface area contributed by atoms with Gasteiger partial charge in [0.05, 0.1) is 31.4 Å². The van der Waals surface area contributed by atoms with Crippen LogP contribution in [0.3, 0.4) is 0 Å². The second kappa shape index (κ2) is 8.30. The summed E-state index contributed by atoms with van der Waals surface area (Å²) in [6, 6.07) is 11.5. The minimum atomic E-state index is -0.952. The van der Waals surface area contributed by atoms with Gasteiger partial charge in [-0.1, -0.05) is 24.3 Å². The van der Waals surface area contributed by atoms with Crippen LogP contribution in [0, 0.1) is 0 Å². The molecule has 0 saturated heterocycles. The number of benzene rings is 1. The monoisotopic (exact) mass is 369 g/mol. The second-order valence-corrected chi connectivity index (χ2v) is 6.50. The maximum atomic E-state index is 9.27. The first-order valence-corrected chi connectivity index (χ1v) is 8.63. The van der Waals surface area contributed by atoms with Gasteiger partial charge < -0.3 is 25.1 Å². The van der Waals surface area contributed by atoms with Crippen molar-refractivity contribution in [2.45, 2.75) is 18.4 Å². The van der Waals surface area contributed by atoms with E-state index in [0.29, 0.717) is 24.6 Å². The molecule has 2 aromatic heterocycles. The number of aryl methyl sites for hydroxylation is 1. The van der Waals surface area contributed by atoms with Gasteiger partial charge in [-0.05, 0) is 24.5 Å². The lowest BCUT2D eigenvalue weighted by atomic mass is 9.93. The number of pyridine rings is 1. The molecule has 0 fully saturated rings. The van der Waals surface area contributed by atoms with Crippen LogP contribution in [0.15, 0.2) is 53.3 Å². The van der Waals surface area contributed by atoms with Crippen LogP contribution in [0.5, 0.6) is 5.88 Å². The van der Waals surface area contributed by atoms with Crippen LogP contribution in [-0.4, -0.2) is 46.0 Å². The van der Waals surface area contributed by atoms with Gasteiger partial charge in [0.15, 0.2) is 0 Å². The molecule has 0 aliphatic rings. The molecule has 4 N–H and O–H groups in total. The van der Waals surface area contributed by atoms with E-state index in [4.69, 9.17) is 14.9 Å². The van der Waals surface area contributed by atoms with Gasteiger partial charge >= 0.3 is 0 Å². The molecule has 0 amide bonds. The lowest BCUT2D eigenvalue weighted by molar-refractivity contribution is 0.115. The predicted octanol–water partition coefficient (Wildman–Crippen LogP) is 2.03. The van der Waals surface area contributed by atoms with Crippen LogP contribution in [0.4, 0.5) is 0 Å². The maximum absolute atomic E-state index is 9.27. The van der Waals surface area contributed by atoms with Gasteiger partial charge in [0, 0.05) is 17.8 Å². The molecule has 0 saturated carbocycles. The number of oxazole rings is 1. The Balaban J connectivity index is 1.69. The molecule has 1 aromatic carbocycles. The smallest absolute Gasteiger partial charge is 0.228 e. The van der Waals surface area contributed by atoms with Crippen LogP contribution in [-0.2, 0) is 6.42 Å². The fourth-order valence-corrected chi connectivity index (χ4v) is 2.61. The summed E-state index contributed by atoms with van der Waals surface area (Å²) in [7, 11) is 1.57. The first-order chi connectivity index (χ1) is 13.1. The van der Waals surface area contributed by atoms with Gasteiger partial charge in [0.1, 0.15) is 12.0 Å². The summed E-state index contributed by atoms with van der Waals surface area (Å²) >= 11 is 0. The van der Waals surface area contributed by atoms with E-state index in [1.54, 1.807) is 25.6 Å². The molecule has 0 bridgehead atoms. The van der Waals surface area contributed by atoms with Crippen LogP contribution < -0.4 is 10.5 Å². The lowest BCUT2D eigenvalue weighted by Crippen LogP contribution is -2.47. The number of hydrogen-bond acceptors (Lipinski definition) is 7. The summed E-state index contributed by atoms with van der Waals surface area (Å²) in [6.07, 6.45) is 4.42. The molecule has 7 heteroatoms. The summed E-state index contributed by atoms with van der Waals surface area (Å²) in [5.74, 6) is 1.02. The SMILES string of the molecule is COc1ccc(-c2nc(-c3ccc(CCC(N)(CO)CO)cc3)co2)cn1. The van der Waals surface area contributed by atoms with Crippen LogP contribution >= 0.6 is 0 Å². The Bertz CT molecular complexity index is 856. The van der Waals surface area contributed by atoms with E-state index >= 15 is 0 Å². The summed E-state index contributed by atoms with van der Waals surface area (Å²) in [5, 5.41) is 18.5. The standard InChI is InChI=1S/C20H23N3O4/c1-26-18-7-6-16(10-22-18)19-23-17(11-27-19)15-4-2-14(3-5-15)8-9-20(21,12-24)13-25/h2-7,10-11,24-25H,8-9,12-13,21H2,1H3. The normalized spacial score (nSPS) is 11.6. The largest absolute Gasteiger partial charge is 0.481 e. The minimum Gasteiger partial charge on any atom is -0.481 e. The number of aliphatic hydroxyl groups is 2. The quantitative estimate of drug-likeness (QED) is 0.556. The Morgan fingerprint density at radius 2 is 1.78 bits per heavy atom. The van der Waals surface area contributed by atoms with Gasteiger partial charge in [0.25, 0.3) is 0 Å². The fraction of sp³-hybridized carbons (Fsp3) is 0.300. The molecule has 0 spiro atoms. The number of methoxy groups -OCH3 is 1. The Kier molecular flexibility index (Phi) is 5.85. The summed E-state index contributed by atoms with van der Waals surface area (Å²) in [6.45, 7) is -0.493. The van der Waals surface area contributed by atoms with Gasteiger partial charge in [-0.15, -0.1) is 0 Å². The first kappa shape index (κ1) is 19.0. The Labute approximate surface area is 157 Å². The Morgan fingerprint density at radius 1 is 1.07 bits per heavy atom. The molecule has 0 radical (unpaired) electrons. The van der Waals surface area contributed by atoms with Crippen molar-refractivity contribution in [2.24, 2.45) is 5.73 Å². The predicted molar refractivity (Wildman–Crippen MR) is 101 cm³/mol. The highest BCUT2D eigenvalue weighted by molar-refractivity contribution is 5.62. The van der Waals surface area contributed by atoms with Crippen molar-refractivity contribution in [3.05, 3.63) is 54.4 Å². The van der Waals surface area contributed by atoms with Crippen molar-refractivity contribution >= 4 is 0 Å². The summed E-state index contributed by atoms with van der Waals surface area (Å²) < 4.78 is 10.6. The molecule has 3 aromatic rings. The van der Waals surface area contributed by atoms with Gasteiger partial charge in [-0.2, -0.15) is 0 Å². The topological polar surface area (TPSA) is 115 Å². The van der Waals surface area contributed by atoms with Crippen LogP contribution in [0.1, 0.15) is 12.0 Å². The number of nitrogens with zero attached hydrogens (tertiary/aromatic N) is 2. The first-order valence-electron chi connectivity index (χ1n) is 8.63. The number of hydrogen-bond donors (Lipinski definition) is 3. The molecule has 7 nitrogen and oxygen atoms in total. The number of aliphatic hydroxyl groups excluding tert-OH is 2. The Morgan fingerprint density at radius 3 is 2.37 bits per heavy atom. The highest BCUT2D eigenvalue weighted by Crippen LogP contribution is 2.25. The van der Waals surface area contributed by atoms with Crippen molar-refractivity contribution in [3.8, 4) is 28.6 Å². The molecular formula is C20H23N3O4. The van der Waals surface area contributed by atoms with Gasteiger partial charge in [0.2, 0.25) is 11.8 Å². The van der Waals surface area contributed by atoms with E-state index in [9.17, 15) is 10.2 Å². The van der Waals surface area contributed by atoms with Crippen LogP contribution in [0.25, 0.3) is 22.7 Å². The molecule has 0 atom stereocenters. The zero-order chi connectivity index (χ0) is 19.3. The highest BCUT2D eigenvalue weighted by Gasteiger charge is 2.22. The molecule has 0 aliphatic heterocycles. The number of aromatic nitrogens is 2. The van der Waals surface area contributed by atoms with Crippen molar-refractivity contribution in [2.75, 3.05) is 20.3 Å². The molecule has 3 rings (SSSR count). The second-order valence-electron chi connectivity index (χ2n) is 6.50. The van der Waals surface area contributed by atoms with Crippen molar-refractivity contribution < 1.29 is 19.4 Å². The average molecular weight is 369 g/mol. The van der Waals surface area contributed by atoms with E-state index in [1.807, 2.05) is 30.3 Å². The number of rotatable bonds is 8. The van der Waals surface area contributed by atoms with E-state index in [2.05, 4.69) is 9.97 Å². The lowest BCUT2D eigenvalue weighted by Gasteiger charge is -2.24. The average Bonchev–Trinajstić information content (AvgIpc) is 3.22. The molecule has 142 valence electrons. The van der Waals surface area contributed by atoms with Crippen molar-refractivity contribution in [3.63, 3.8) is 0 Å². The van der Waals surface area contributed by atoms with E-state index in [-0.39, 0.29) is 13.2 Å². The molecule has 27 heavy (non-hydrogen) atoms. The van der Waals surface area contributed by atoms with Crippen molar-refractivity contribution in [1.82, 2.24) is 9.97 Å². The van der Waals surface area contributed by atoms with Gasteiger partial charge in [-0.25, -0.2) is 9.97 Å². The zero-order valence-corrected chi connectivity index (χ0v) is 15.1. The molecular weight excluding hydrogens is 346 g/mol. The third-order valence-electron chi connectivity index (χ3n) is 4.49. The Hall–Kier alpha value is -2.74. The molecule has 2 heterocycles. The third-order valence-corrected chi connectivity index (χ3v) is 4.49. The molecule has 0 unspecified atom stereocenters. The van der Waals surface area contributed by atoms with E-state index in [1.165, 1.54) is 0 Å². The number of ether oxygens (including phenoxy) is 1. The van der Waals surface area contributed by atoms with Crippen LogP contribution in [0.2, 0.25) is 0 Å². The van der Waals surface area contributed by atoms with Crippen molar-refractivity contribution in [1.29, 1.82) is 0 Å². The minimum absolute atomic E-state index is 0.247. The highest BCUT2D eigenvalue weighted by atomic mass is 16.5. The number of nitrogens with two attached hydrogens (primary N) is 1. The van der Waals surface area contributed by atoms with Gasteiger partial charge in [-0.3, -0.25) is 0 Å². The third kappa shape index (κ3) is 4.51.